The third kappa shape index (κ3) is 3.73. The van der Waals surface area contributed by atoms with Gasteiger partial charge in [-0.2, -0.15) is 0 Å². The second kappa shape index (κ2) is 6.95. The second-order valence-corrected chi connectivity index (χ2v) is 5.68. The van der Waals surface area contributed by atoms with Gasteiger partial charge in [0.2, 0.25) is 0 Å². The Kier molecular flexibility index (Phi) is 5.26. The van der Waals surface area contributed by atoms with Crippen LogP contribution in [0, 0.1) is 5.92 Å². The van der Waals surface area contributed by atoms with Gasteiger partial charge in [0.1, 0.15) is 5.75 Å². The summed E-state index contributed by atoms with van der Waals surface area (Å²) in [7, 11) is 1.72. The van der Waals surface area contributed by atoms with E-state index in [2.05, 4.69) is 43.4 Å². The lowest BCUT2D eigenvalue weighted by molar-refractivity contribution is 0.408. The van der Waals surface area contributed by atoms with Crippen LogP contribution in [0.15, 0.2) is 24.3 Å². The quantitative estimate of drug-likeness (QED) is 0.823. The topological polar surface area (TPSA) is 21.3 Å². The highest BCUT2D eigenvalue weighted by Gasteiger charge is 2.25. The van der Waals surface area contributed by atoms with E-state index in [0.29, 0.717) is 12.1 Å². The molecule has 3 atom stereocenters. The second-order valence-electron chi connectivity index (χ2n) is 5.68. The van der Waals surface area contributed by atoms with Crippen molar-refractivity contribution in [3.05, 3.63) is 29.8 Å². The smallest absolute Gasteiger partial charge is 0.118 e. The van der Waals surface area contributed by atoms with Gasteiger partial charge >= 0.3 is 0 Å². The Morgan fingerprint density at radius 3 is 2.47 bits per heavy atom. The number of nitrogens with one attached hydrogen (secondary N) is 1. The lowest BCUT2D eigenvalue weighted by Gasteiger charge is -2.22. The Morgan fingerprint density at radius 1 is 1.21 bits per heavy atom. The first-order valence-electron chi connectivity index (χ1n) is 7.66. The molecule has 0 heterocycles. The van der Waals surface area contributed by atoms with Gasteiger partial charge in [0.15, 0.2) is 0 Å². The molecular formula is C17H27NO. The number of rotatable bonds is 6. The van der Waals surface area contributed by atoms with Gasteiger partial charge in [-0.25, -0.2) is 0 Å². The highest BCUT2D eigenvalue weighted by Crippen LogP contribution is 2.30. The summed E-state index contributed by atoms with van der Waals surface area (Å²) in [6.45, 7) is 4.57. The average Bonchev–Trinajstić information content (AvgIpc) is 2.92. The molecule has 1 aromatic carbocycles. The minimum atomic E-state index is 0.478. The maximum atomic E-state index is 5.22. The van der Waals surface area contributed by atoms with Crippen LogP contribution < -0.4 is 10.1 Å². The van der Waals surface area contributed by atoms with Crippen molar-refractivity contribution in [1.29, 1.82) is 0 Å². The van der Waals surface area contributed by atoms with Gasteiger partial charge in [0, 0.05) is 12.1 Å². The average molecular weight is 261 g/mol. The zero-order valence-corrected chi connectivity index (χ0v) is 12.5. The zero-order chi connectivity index (χ0) is 13.7. The van der Waals surface area contributed by atoms with Crippen molar-refractivity contribution in [2.75, 3.05) is 7.11 Å². The molecule has 19 heavy (non-hydrogen) atoms. The predicted molar refractivity (Wildman–Crippen MR) is 80.6 cm³/mol. The van der Waals surface area contributed by atoms with Gasteiger partial charge in [-0.15, -0.1) is 0 Å². The van der Waals surface area contributed by atoms with E-state index in [4.69, 9.17) is 4.74 Å². The molecule has 1 aromatic rings. The van der Waals surface area contributed by atoms with E-state index in [9.17, 15) is 0 Å². The first-order chi connectivity index (χ1) is 9.26. The van der Waals surface area contributed by atoms with Crippen LogP contribution in [0.25, 0.3) is 0 Å². The van der Waals surface area contributed by atoms with Crippen molar-refractivity contribution in [1.82, 2.24) is 5.32 Å². The zero-order valence-electron chi connectivity index (χ0n) is 12.5. The summed E-state index contributed by atoms with van der Waals surface area (Å²) in [5.41, 5.74) is 1.38. The molecule has 106 valence electrons. The molecule has 3 unspecified atom stereocenters. The van der Waals surface area contributed by atoms with Gasteiger partial charge in [0.25, 0.3) is 0 Å². The van der Waals surface area contributed by atoms with Gasteiger partial charge in [-0.05, 0) is 49.3 Å². The Bertz CT molecular complexity index is 373. The Morgan fingerprint density at radius 2 is 1.95 bits per heavy atom. The molecule has 2 rings (SSSR count). The summed E-state index contributed by atoms with van der Waals surface area (Å²) in [4.78, 5) is 0. The van der Waals surface area contributed by atoms with Crippen LogP contribution in [0.1, 0.15) is 57.6 Å². The molecular weight excluding hydrogens is 234 g/mol. The van der Waals surface area contributed by atoms with E-state index in [-0.39, 0.29) is 0 Å². The molecule has 0 aromatic heterocycles. The van der Waals surface area contributed by atoms with Crippen molar-refractivity contribution >= 4 is 0 Å². The van der Waals surface area contributed by atoms with Crippen LogP contribution >= 0.6 is 0 Å². The van der Waals surface area contributed by atoms with Crippen molar-refractivity contribution < 1.29 is 4.74 Å². The van der Waals surface area contributed by atoms with Crippen LogP contribution in [0.2, 0.25) is 0 Å². The Hall–Kier alpha value is -1.02. The van der Waals surface area contributed by atoms with E-state index in [1.54, 1.807) is 7.11 Å². The molecule has 1 saturated carbocycles. The fourth-order valence-corrected chi connectivity index (χ4v) is 3.17. The third-order valence-corrected chi connectivity index (χ3v) is 4.48. The van der Waals surface area contributed by atoms with Gasteiger partial charge < -0.3 is 10.1 Å². The fraction of sp³-hybridized carbons (Fsp3) is 0.647. The van der Waals surface area contributed by atoms with E-state index < -0.39 is 0 Å². The summed E-state index contributed by atoms with van der Waals surface area (Å²) in [5.74, 6) is 1.87. The van der Waals surface area contributed by atoms with Crippen molar-refractivity contribution in [3.63, 3.8) is 0 Å². The van der Waals surface area contributed by atoms with Gasteiger partial charge in [-0.3, -0.25) is 0 Å². The molecule has 0 amide bonds. The molecule has 2 heteroatoms. The number of hydrogen-bond donors (Lipinski definition) is 1. The molecule has 1 fully saturated rings. The molecule has 1 aliphatic carbocycles. The van der Waals surface area contributed by atoms with E-state index in [1.807, 2.05) is 0 Å². The van der Waals surface area contributed by atoms with Crippen molar-refractivity contribution in [2.24, 2.45) is 5.92 Å². The lowest BCUT2D eigenvalue weighted by Crippen LogP contribution is -2.30. The van der Waals surface area contributed by atoms with Crippen LogP contribution in [0.4, 0.5) is 0 Å². The van der Waals surface area contributed by atoms with E-state index in [0.717, 1.165) is 18.1 Å². The first kappa shape index (κ1) is 14.4. The summed E-state index contributed by atoms with van der Waals surface area (Å²) < 4.78 is 5.22. The van der Waals surface area contributed by atoms with E-state index >= 15 is 0 Å². The largest absolute Gasteiger partial charge is 0.497 e. The molecule has 0 spiro atoms. The summed E-state index contributed by atoms with van der Waals surface area (Å²) in [6.07, 6.45) is 6.55. The number of methoxy groups -OCH3 is 1. The van der Waals surface area contributed by atoms with Crippen LogP contribution in [0.5, 0.6) is 5.75 Å². The van der Waals surface area contributed by atoms with Crippen LogP contribution in [0.3, 0.4) is 0 Å². The SMILES string of the molecule is CCC1CCC(NC(CC)c2ccc(OC)cc2)C1. The molecule has 0 aliphatic heterocycles. The maximum absolute atomic E-state index is 5.22. The highest BCUT2D eigenvalue weighted by molar-refractivity contribution is 5.29. The van der Waals surface area contributed by atoms with Crippen molar-refractivity contribution in [3.8, 4) is 5.75 Å². The first-order valence-corrected chi connectivity index (χ1v) is 7.66. The normalized spacial score (nSPS) is 24.4. The third-order valence-electron chi connectivity index (χ3n) is 4.48. The standard InChI is InChI=1S/C17H27NO/c1-4-13-6-9-15(12-13)18-17(5-2)14-7-10-16(19-3)11-8-14/h7-8,10-11,13,15,17-18H,4-6,9,12H2,1-3H3. The highest BCUT2D eigenvalue weighted by atomic mass is 16.5. The number of ether oxygens (including phenoxy) is 1. The van der Waals surface area contributed by atoms with Gasteiger partial charge in [-0.1, -0.05) is 32.4 Å². The van der Waals surface area contributed by atoms with Crippen molar-refractivity contribution in [2.45, 2.75) is 58.0 Å². The van der Waals surface area contributed by atoms with Crippen LogP contribution in [-0.2, 0) is 0 Å². The monoisotopic (exact) mass is 261 g/mol. The predicted octanol–water partition coefficient (Wildman–Crippen LogP) is 4.31. The summed E-state index contributed by atoms with van der Waals surface area (Å²) in [6, 6.07) is 9.67. The Balaban J connectivity index is 1.95. The minimum absolute atomic E-state index is 0.478. The molecule has 0 bridgehead atoms. The number of hydrogen-bond acceptors (Lipinski definition) is 2. The summed E-state index contributed by atoms with van der Waals surface area (Å²) >= 11 is 0. The van der Waals surface area contributed by atoms with E-state index in [1.165, 1.54) is 31.2 Å². The van der Waals surface area contributed by atoms with Gasteiger partial charge in [0.05, 0.1) is 7.11 Å². The lowest BCUT2D eigenvalue weighted by atomic mass is 10.0. The molecule has 0 radical (unpaired) electrons. The maximum Gasteiger partial charge on any atom is 0.118 e. The molecule has 1 aliphatic rings. The minimum Gasteiger partial charge on any atom is -0.497 e. The molecule has 1 N–H and O–H groups in total. The molecule has 2 nitrogen and oxygen atoms in total. The number of benzene rings is 1. The summed E-state index contributed by atoms with van der Waals surface area (Å²) in [5, 5.41) is 3.84. The van der Waals surface area contributed by atoms with Crippen LogP contribution in [-0.4, -0.2) is 13.2 Å². The fourth-order valence-electron chi connectivity index (χ4n) is 3.17. The Labute approximate surface area is 117 Å². The molecule has 0 saturated heterocycles.